The average molecular weight is 370 g/mol. The summed E-state index contributed by atoms with van der Waals surface area (Å²) in [4.78, 5) is 44.3. The molecule has 8 nitrogen and oxygen atoms in total. The number of aliphatic carboxylic acids is 1. The van der Waals surface area contributed by atoms with E-state index in [0.29, 0.717) is 37.3 Å². The van der Waals surface area contributed by atoms with E-state index in [9.17, 15) is 19.5 Å². The predicted octanol–water partition coefficient (Wildman–Crippen LogP) is 1.18. The largest absolute Gasteiger partial charge is 0.481 e. The van der Waals surface area contributed by atoms with Gasteiger partial charge in [0.2, 0.25) is 5.91 Å². The molecule has 0 aromatic carbocycles. The molecular formula is C19H22N4O4. The summed E-state index contributed by atoms with van der Waals surface area (Å²) in [7, 11) is 1.67. The van der Waals surface area contributed by atoms with Crippen molar-refractivity contribution in [1.29, 1.82) is 0 Å². The Labute approximate surface area is 156 Å². The molecular weight excluding hydrogens is 348 g/mol. The number of hydrogen-bond donors (Lipinski definition) is 1. The van der Waals surface area contributed by atoms with Crippen molar-refractivity contribution >= 4 is 23.4 Å². The number of carbonyl (C=O) groups excluding carboxylic acids is 2. The number of amides is 2. The van der Waals surface area contributed by atoms with Crippen LogP contribution in [0.5, 0.6) is 0 Å². The molecule has 2 aromatic heterocycles. The van der Waals surface area contributed by atoms with E-state index >= 15 is 0 Å². The summed E-state index contributed by atoms with van der Waals surface area (Å²) in [5, 5.41) is 9.55. The highest BCUT2D eigenvalue weighted by Gasteiger charge is 2.55. The van der Waals surface area contributed by atoms with E-state index in [2.05, 4.69) is 4.98 Å². The van der Waals surface area contributed by atoms with Gasteiger partial charge in [-0.3, -0.25) is 14.4 Å². The molecule has 2 aromatic rings. The molecule has 8 heteroatoms. The zero-order valence-corrected chi connectivity index (χ0v) is 15.4. The summed E-state index contributed by atoms with van der Waals surface area (Å²) < 4.78 is 1.83. The highest BCUT2D eigenvalue weighted by atomic mass is 16.4. The monoisotopic (exact) mass is 370 g/mol. The number of rotatable bonds is 2. The SMILES string of the molecule is Cc1ccc2nc(C(=O)N3CCC4(CC3)[C@@H](C(=O)O)CC(=O)N4C)cn2c1. The molecule has 4 heterocycles. The third kappa shape index (κ3) is 2.67. The van der Waals surface area contributed by atoms with Gasteiger partial charge in [-0.15, -0.1) is 0 Å². The second-order valence-electron chi connectivity index (χ2n) is 7.54. The van der Waals surface area contributed by atoms with E-state index in [1.807, 2.05) is 29.7 Å². The van der Waals surface area contributed by atoms with Crippen LogP contribution in [0.2, 0.25) is 0 Å². The molecule has 2 amide bonds. The zero-order valence-electron chi connectivity index (χ0n) is 15.4. The highest BCUT2D eigenvalue weighted by Crippen LogP contribution is 2.42. The second kappa shape index (κ2) is 6.07. The van der Waals surface area contributed by atoms with E-state index in [1.54, 1.807) is 23.0 Å². The molecule has 0 bridgehead atoms. The Bertz CT molecular complexity index is 942. The minimum Gasteiger partial charge on any atom is -0.481 e. The Morgan fingerprint density at radius 1 is 1.22 bits per heavy atom. The van der Waals surface area contributed by atoms with Crippen LogP contribution in [0.1, 0.15) is 35.3 Å². The molecule has 0 aliphatic carbocycles. The molecule has 27 heavy (non-hydrogen) atoms. The highest BCUT2D eigenvalue weighted by molar-refractivity contribution is 5.93. The third-order valence-corrected chi connectivity index (χ3v) is 6.10. The number of carbonyl (C=O) groups is 3. The summed E-state index contributed by atoms with van der Waals surface area (Å²) >= 11 is 0. The van der Waals surface area contributed by atoms with E-state index < -0.39 is 17.4 Å². The lowest BCUT2D eigenvalue weighted by Gasteiger charge is -2.45. The van der Waals surface area contributed by atoms with Crippen molar-refractivity contribution in [2.75, 3.05) is 20.1 Å². The number of imidazole rings is 1. The van der Waals surface area contributed by atoms with Gasteiger partial charge in [0.05, 0.1) is 11.5 Å². The number of nitrogens with zero attached hydrogens (tertiary/aromatic N) is 4. The lowest BCUT2D eigenvalue weighted by Crippen LogP contribution is -2.57. The maximum atomic E-state index is 12.9. The van der Waals surface area contributed by atoms with Crippen molar-refractivity contribution < 1.29 is 19.5 Å². The first-order valence-corrected chi connectivity index (χ1v) is 9.06. The number of aryl methyl sites for hydroxylation is 1. The van der Waals surface area contributed by atoms with Crippen LogP contribution in [0.15, 0.2) is 24.5 Å². The topological polar surface area (TPSA) is 95.2 Å². The number of carboxylic acids is 1. The molecule has 2 saturated heterocycles. The summed E-state index contributed by atoms with van der Waals surface area (Å²) in [6.07, 6.45) is 4.60. The van der Waals surface area contributed by atoms with Gasteiger partial charge in [-0.25, -0.2) is 4.98 Å². The fourth-order valence-corrected chi connectivity index (χ4v) is 4.45. The molecule has 1 atom stereocenters. The van der Waals surface area contributed by atoms with Crippen LogP contribution in [-0.2, 0) is 9.59 Å². The lowest BCUT2D eigenvalue weighted by atomic mass is 9.77. The minimum atomic E-state index is -0.941. The van der Waals surface area contributed by atoms with E-state index in [1.165, 1.54) is 0 Å². The van der Waals surface area contributed by atoms with E-state index in [0.717, 1.165) is 5.56 Å². The zero-order chi connectivity index (χ0) is 19.3. The molecule has 1 N–H and O–H groups in total. The van der Waals surface area contributed by atoms with Crippen molar-refractivity contribution in [3.63, 3.8) is 0 Å². The standard InChI is InChI=1S/C19H22N4O4/c1-12-3-4-15-20-14(11-23(15)10-12)17(25)22-7-5-19(6-8-22)13(18(26)27)9-16(24)21(19)2/h3-4,10-11,13H,5-9H2,1-2H3,(H,26,27)/t13-/m1/s1. The van der Waals surface area contributed by atoms with E-state index in [4.69, 9.17) is 0 Å². The smallest absolute Gasteiger partial charge is 0.309 e. The fourth-order valence-electron chi connectivity index (χ4n) is 4.45. The molecule has 2 aliphatic heterocycles. The molecule has 2 fully saturated rings. The Kier molecular flexibility index (Phi) is 3.94. The van der Waals surface area contributed by atoms with Crippen LogP contribution < -0.4 is 0 Å². The molecule has 142 valence electrons. The molecule has 1 spiro atoms. The fraction of sp³-hybridized carbons (Fsp3) is 0.474. The number of pyridine rings is 1. The molecule has 2 aliphatic rings. The summed E-state index contributed by atoms with van der Waals surface area (Å²) in [5.74, 6) is -1.96. The van der Waals surface area contributed by atoms with Gasteiger partial charge < -0.3 is 19.3 Å². The number of piperidine rings is 1. The Hall–Kier alpha value is -2.90. The first kappa shape index (κ1) is 17.5. The normalized spacial score (nSPS) is 22.0. The Morgan fingerprint density at radius 3 is 2.59 bits per heavy atom. The van der Waals surface area contributed by atoms with Crippen LogP contribution in [0.3, 0.4) is 0 Å². The quantitative estimate of drug-likeness (QED) is 0.857. The van der Waals surface area contributed by atoms with Gasteiger partial charge in [0.15, 0.2) is 0 Å². The maximum absolute atomic E-state index is 12.9. The minimum absolute atomic E-state index is 0.0333. The van der Waals surface area contributed by atoms with Crippen LogP contribution in [0.4, 0.5) is 0 Å². The van der Waals surface area contributed by atoms with Crippen molar-refractivity contribution in [1.82, 2.24) is 19.2 Å². The van der Waals surface area contributed by atoms with Gasteiger partial charge in [-0.05, 0) is 31.4 Å². The van der Waals surface area contributed by atoms with Crippen LogP contribution in [0, 0.1) is 12.8 Å². The summed E-state index contributed by atoms with van der Waals surface area (Å²) in [5.41, 5.74) is 1.47. The second-order valence-corrected chi connectivity index (χ2v) is 7.54. The van der Waals surface area contributed by atoms with Gasteiger partial charge in [-0.1, -0.05) is 6.07 Å². The average Bonchev–Trinajstić information content (AvgIpc) is 3.16. The maximum Gasteiger partial charge on any atom is 0.309 e. The number of hydrogen-bond acceptors (Lipinski definition) is 4. The van der Waals surface area contributed by atoms with Gasteiger partial charge in [-0.2, -0.15) is 0 Å². The van der Waals surface area contributed by atoms with Crippen LogP contribution >= 0.6 is 0 Å². The van der Waals surface area contributed by atoms with Gasteiger partial charge >= 0.3 is 5.97 Å². The van der Waals surface area contributed by atoms with Crippen molar-refractivity contribution in [2.24, 2.45) is 5.92 Å². The molecule has 0 radical (unpaired) electrons. The van der Waals surface area contributed by atoms with Gasteiger partial charge in [0, 0.05) is 39.0 Å². The van der Waals surface area contributed by atoms with Gasteiger partial charge in [0.25, 0.3) is 5.91 Å². The van der Waals surface area contributed by atoms with Crippen molar-refractivity contribution in [3.8, 4) is 0 Å². The number of aromatic nitrogens is 2. The first-order valence-electron chi connectivity index (χ1n) is 9.06. The first-order chi connectivity index (χ1) is 12.8. The summed E-state index contributed by atoms with van der Waals surface area (Å²) in [6.45, 7) is 2.80. The summed E-state index contributed by atoms with van der Waals surface area (Å²) in [6, 6.07) is 3.81. The van der Waals surface area contributed by atoms with Crippen molar-refractivity contribution in [2.45, 2.75) is 31.7 Å². The third-order valence-electron chi connectivity index (χ3n) is 6.10. The molecule has 0 saturated carbocycles. The van der Waals surface area contributed by atoms with Crippen LogP contribution in [0.25, 0.3) is 5.65 Å². The van der Waals surface area contributed by atoms with E-state index in [-0.39, 0.29) is 18.2 Å². The number of carboxylic acid groups (broad SMARTS) is 1. The van der Waals surface area contributed by atoms with Gasteiger partial charge in [0.1, 0.15) is 11.3 Å². The lowest BCUT2D eigenvalue weighted by molar-refractivity contribution is -0.145. The number of likely N-dealkylation sites (tertiary alicyclic amines) is 2. The van der Waals surface area contributed by atoms with Crippen molar-refractivity contribution in [3.05, 3.63) is 35.8 Å². The molecule has 4 rings (SSSR count). The predicted molar refractivity (Wildman–Crippen MR) is 96.3 cm³/mol. The Morgan fingerprint density at radius 2 is 1.93 bits per heavy atom. The Balaban J connectivity index is 1.53. The molecule has 0 unspecified atom stereocenters. The number of fused-ring (bicyclic) bond motifs is 1. The van der Waals surface area contributed by atoms with Crippen LogP contribution in [-0.4, -0.2) is 67.8 Å².